The van der Waals surface area contributed by atoms with Gasteiger partial charge in [-0.15, -0.1) is 0 Å². The van der Waals surface area contributed by atoms with Gasteiger partial charge in [0.1, 0.15) is 5.75 Å². The molecule has 4 rings (SSSR count). The van der Waals surface area contributed by atoms with Crippen LogP contribution >= 0.6 is 0 Å². The minimum absolute atomic E-state index is 0.176. The lowest BCUT2D eigenvalue weighted by Gasteiger charge is -2.25. The molecule has 10 heteroatoms. The molecule has 0 radical (unpaired) electrons. The molecule has 30 heavy (non-hydrogen) atoms. The summed E-state index contributed by atoms with van der Waals surface area (Å²) in [6, 6.07) is 5.97. The molecule has 0 aliphatic carbocycles. The summed E-state index contributed by atoms with van der Waals surface area (Å²) in [5.41, 5.74) is 7.66. The number of nitrogen functional groups attached to an aromatic ring is 1. The molecule has 2 aromatic heterocycles. The quantitative estimate of drug-likeness (QED) is 0.621. The molecule has 158 valence electrons. The lowest BCUT2D eigenvalue weighted by Crippen LogP contribution is -2.34. The molecule has 3 heterocycles. The Balaban J connectivity index is 1.65. The van der Waals surface area contributed by atoms with Gasteiger partial charge in [0.25, 0.3) is 0 Å². The highest BCUT2D eigenvalue weighted by atomic mass is 16.5. The van der Waals surface area contributed by atoms with Crippen molar-refractivity contribution in [3.05, 3.63) is 30.8 Å². The molecule has 3 aromatic rings. The van der Waals surface area contributed by atoms with Gasteiger partial charge in [0.15, 0.2) is 12.2 Å². The van der Waals surface area contributed by atoms with E-state index < -0.39 is 0 Å². The van der Waals surface area contributed by atoms with Crippen molar-refractivity contribution in [3.63, 3.8) is 0 Å². The number of oxazole rings is 1. The van der Waals surface area contributed by atoms with Crippen LogP contribution in [0.15, 0.2) is 35.2 Å². The molecule has 1 atom stereocenters. The molecule has 0 amide bonds. The Morgan fingerprint density at radius 3 is 2.87 bits per heavy atom. The van der Waals surface area contributed by atoms with E-state index in [1.807, 2.05) is 30.1 Å². The third-order valence-electron chi connectivity index (χ3n) is 5.19. The van der Waals surface area contributed by atoms with Crippen LogP contribution in [0, 0.1) is 0 Å². The number of benzene rings is 1. The third-order valence-corrected chi connectivity index (χ3v) is 5.19. The number of nitrogens with zero attached hydrogens (tertiary/aromatic N) is 6. The SMILES string of the molecule is COC[C@H]1CCCN1c1nc(N)nc(N(C)c2ccc(-c3cnco3)c(OC)c2)n1. The smallest absolute Gasteiger partial charge is 0.236 e. The van der Waals surface area contributed by atoms with Crippen molar-refractivity contribution in [1.82, 2.24) is 19.9 Å². The molecular formula is C20H25N7O3. The van der Waals surface area contributed by atoms with Gasteiger partial charge >= 0.3 is 0 Å². The monoisotopic (exact) mass is 411 g/mol. The summed E-state index contributed by atoms with van der Waals surface area (Å²) in [7, 11) is 5.19. The highest BCUT2D eigenvalue weighted by molar-refractivity contribution is 5.71. The molecule has 0 saturated carbocycles. The average Bonchev–Trinajstić information content (AvgIpc) is 3.45. The van der Waals surface area contributed by atoms with Gasteiger partial charge in [-0.25, -0.2) is 4.98 Å². The van der Waals surface area contributed by atoms with Crippen LogP contribution in [0.5, 0.6) is 5.75 Å². The fourth-order valence-corrected chi connectivity index (χ4v) is 3.67. The highest BCUT2D eigenvalue weighted by Gasteiger charge is 2.28. The number of aromatic nitrogens is 4. The zero-order valence-corrected chi connectivity index (χ0v) is 17.3. The van der Waals surface area contributed by atoms with Gasteiger partial charge in [-0.05, 0) is 25.0 Å². The number of ether oxygens (including phenoxy) is 2. The van der Waals surface area contributed by atoms with Gasteiger partial charge < -0.3 is 29.4 Å². The van der Waals surface area contributed by atoms with Gasteiger partial charge in [-0.1, -0.05) is 0 Å². The lowest BCUT2D eigenvalue weighted by atomic mass is 10.1. The zero-order chi connectivity index (χ0) is 21.1. The van der Waals surface area contributed by atoms with Gasteiger partial charge in [0, 0.05) is 32.5 Å². The van der Waals surface area contributed by atoms with Crippen molar-refractivity contribution in [2.45, 2.75) is 18.9 Å². The van der Waals surface area contributed by atoms with E-state index in [1.165, 1.54) is 6.39 Å². The summed E-state index contributed by atoms with van der Waals surface area (Å²) in [4.78, 5) is 21.3. The van der Waals surface area contributed by atoms with Crippen molar-refractivity contribution >= 4 is 23.5 Å². The molecule has 1 saturated heterocycles. The second kappa shape index (κ2) is 8.54. The number of nitrogens with two attached hydrogens (primary N) is 1. The number of anilines is 4. The fourth-order valence-electron chi connectivity index (χ4n) is 3.67. The first-order valence-electron chi connectivity index (χ1n) is 9.68. The zero-order valence-electron chi connectivity index (χ0n) is 17.3. The van der Waals surface area contributed by atoms with Crippen LogP contribution in [0.1, 0.15) is 12.8 Å². The lowest BCUT2D eigenvalue weighted by molar-refractivity contribution is 0.180. The van der Waals surface area contributed by atoms with Crippen LogP contribution in [0.3, 0.4) is 0 Å². The van der Waals surface area contributed by atoms with Gasteiger partial charge in [-0.2, -0.15) is 15.0 Å². The minimum atomic E-state index is 0.176. The van der Waals surface area contributed by atoms with Crippen LogP contribution in [-0.2, 0) is 4.74 Å². The van der Waals surface area contributed by atoms with E-state index in [2.05, 4.69) is 24.8 Å². The normalized spacial score (nSPS) is 16.1. The number of methoxy groups -OCH3 is 2. The summed E-state index contributed by atoms with van der Waals surface area (Å²) in [6.07, 6.45) is 5.13. The summed E-state index contributed by atoms with van der Waals surface area (Å²) in [6.45, 7) is 1.48. The predicted molar refractivity (Wildman–Crippen MR) is 113 cm³/mol. The number of hydrogen-bond acceptors (Lipinski definition) is 10. The van der Waals surface area contributed by atoms with E-state index in [9.17, 15) is 0 Å². The molecule has 0 bridgehead atoms. The predicted octanol–water partition coefficient (Wildman–Crippen LogP) is 2.50. The minimum Gasteiger partial charge on any atom is -0.496 e. The maximum absolute atomic E-state index is 6.02. The van der Waals surface area contributed by atoms with E-state index in [0.717, 1.165) is 30.6 Å². The van der Waals surface area contributed by atoms with Crippen LogP contribution in [0.25, 0.3) is 11.3 Å². The Bertz CT molecular complexity index is 996. The van der Waals surface area contributed by atoms with Crippen molar-refractivity contribution in [2.75, 3.05) is 50.0 Å². The highest BCUT2D eigenvalue weighted by Crippen LogP contribution is 2.35. The number of rotatable bonds is 7. The topological polar surface area (TPSA) is 116 Å². The van der Waals surface area contributed by atoms with Gasteiger partial charge in [0.05, 0.1) is 31.5 Å². The summed E-state index contributed by atoms with van der Waals surface area (Å²) >= 11 is 0. The van der Waals surface area contributed by atoms with E-state index in [1.54, 1.807) is 20.4 Å². The second-order valence-corrected chi connectivity index (χ2v) is 7.05. The standard InChI is InChI=1S/C20H25N7O3/c1-26(13-6-7-15(16(9-13)29-3)17-10-22-12-30-17)19-23-18(21)24-20(25-19)27-8-4-5-14(27)11-28-2/h6-7,9-10,12,14H,4-5,8,11H2,1-3H3,(H2,21,23,24,25)/t14-/m1/s1. The molecule has 0 spiro atoms. The maximum Gasteiger partial charge on any atom is 0.236 e. The van der Waals surface area contributed by atoms with Crippen molar-refractivity contribution in [2.24, 2.45) is 0 Å². The van der Waals surface area contributed by atoms with Crippen molar-refractivity contribution < 1.29 is 13.9 Å². The average molecular weight is 411 g/mol. The molecule has 1 aliphatic heterocycles. The van der Waals surface area contributed by atoms with E-state index in [4.69, 9.17) is 19.6 Å². The molecule has 1 aliphatic rings. The molecule has 0 unspecified atom stereocenters. The Morgan fingerprint density at radius 1 is 1.27 bits per heavy atom. The Labute approximate surface area is 174 Å². The Kier molecular flexibility index (Phi) is 5.66. The van der Waals surface area contributed by atoms with Gasteiger partial charge in [0.2, 0.25) is 17.8 Å². The first-order valence-corrected chi connectivity index (χ1v) is 9.68. The first kappa shape index (κ1) is 19.9. The van der Waals surface area contributed by atoms with Crippen molar-refractivity contribution in [3.8, 4) is 17.1 Å². The van der Waals surface area contributed by atoms with Gasteiger partial charge in [-0.3, -0.25) is 0 Å². The Morgan fingerprint density at radius 2 is 2.13 bits per heavy atom. The summed E-state index contributed by atoms with van der Waals surface area (Å²) in [5, 5.41) is 0. The van der Waals surface area contributed by atoms with Crippen molar-refractivity contribution in [1.29, 1.82) is 0 Å². The number of hydrogen-bond donors (Lipinski definition) is 1. The van der Waals surface area contributed by atoms with Crippen LogP contribution in [-0.4, -0.2) is 60.4 Å². The van der Waals surface area contributed by atoms with Crippen LogP contribution in [0.2, 0.25) is 0 Å². The molecular weight excluding hydrogens is 386 g/mol. The van der Waals surface area contributed by atoms with E-state index in [0.29, 0.717) is 30.0 Å². The summed E-state index contributed by atoms with van der Waals surface area (Å²) in [5.74, 6) is 2.48. The fraction of sp³-hybridized carbons (Fsp3) is 0.400. The van der Waals surface area contributed by atoms with Crippen LogP contribution in [0.4, 0.5) is 23.5 Å². The maximum atomic E-state index is 6.02. The molecule has 1 aromatic carbocycles. The molecule has 10 nitrogen and oxygen atoms in total. The first-order chi connectivity index (χ1) is 14.6. The molecule has 2 N–H and O–H groups in total. The van der Waals surface area contributed by atoms with Crippen LogP contribution < -0.4 is 20.3 Å². The Hall–Kier alpha value is -3.40. The largest absolute Gasteiger partial charge is 0.496 e. The van der Waals surface area contributed by atoms with E-state index in [-0.39, 0.29) is 12.0 Å². The molecule has 1 fully saturated rings. The third kappa shape index (κ3) is 3.86. The van der Waals surface area contributed by atoms with E-state index >= 15 is 0 Å². The second-order valence-electron chi connectivity index (χ2n) is 7.05. The summed E-state index contributed by atoms with van der Waals surface area (Å²) < 4.78 is 16.3.